The van der Waals surface area contributed by atoms with Crippen LogP contribution in [-0.2, 0) is 19.1 Å². The van der Waals surface area contributed by atoms with Gasteiger partial charge in [-0.2, -0.15) is 0 Å². The Kier molecular flexibility index (Phi) is 3.00. The van der Waals surface area contributed by atoms with Crippen molar-refractivity contribution in [2.24, 2.45) is 5.41 Å². The topological polar surface area (TPSA) is 52.6 Å². The summed E-state index contributed by atoms with van der Waals surface area (Å²) < 4.78 is 34.9. The molecule has 2 fully saturated rings. The molecule has 2 heterocycles. The van der Waals surface area contributed by atoms with Crippen molar-refractivity contribution in [3.05, 3.63) is 11.5 Å². The van der Waals surface area contributed by atoms with Crippen LogP contribution in [0.5, 0.6) is 0 Å². The second-order valence-electron chi connectivity index (χ2n) is 7.60. The van der Waals surface area contributed by atoms with Crippen LogP contribution in [0.25, 0.3) is 0 Å². The molecule has 0 radical (unpaired) electrons. The van der Waals surface area contributed by atoms with Crippen LogP contribution in [0.1, 0.15) is 47.0 Å². The smallest absolute Gasteiger partial charge is 0.400 e. The highest BCUT2D eigenvalue weighted by Gasteiger charge is 2.54. The zero-order valence-corrected chi connectivity index (χ0v) is 13.5. The van der Waals surface area contributed by atoms with E-state index in [2.05, 4.69) is 33.8 Å². The molecule has 0 aromatic rings. The van der Waals surface area contributed by atoms with Gasteiger partial charge in [0.2, 0.25) is 0 Å². The van der Waals surface area contributed by atoms with Crippen molar-refractivity contribution < 1.29 is 17.7 Å². The third-order valence-electron chi connectivity index (χ3n) is 5.35. The maximum Gasteiger partial charge on any atom is 0.490 e. The predicted octanol–water partition coefficient (Wildman–Crippen LogP) is 2.14. The standard InChI is InChI=1S/C14H23BO4S/c1-12(2)13(3,4)19-15(18-12)11-5-7-14(8-6-11)9-20(16,17)10-14/h5H,6-10H2,1-4H3. The summed E-state index contributed by atoms with van der Waals surface area (Å²) in [6.07, 6.45) is 4.81. The highest BCUT2D eigenvalue weighted by Crippen LogP contribution is 2.47. The van der Waals surface area contributed by atoms with Crippen molar-refractivity contribution in [1.29, 1.82) is 0 Å². The van der Waals surface area contributed by atoms with Gasteiger partial charge < -0.3 is 9.31 Å². The van der Waals surface area contributed by atoms with Crippen LogP contribution in [0.4, 0.5) is 0 Å². The lowest BCUT2D eigenvalue weighted by atomic mass is 9.66. The first-order valence-corrected chi connectivity index (χ1v) is 9.12. The van der Waals surface area contributed by atoms with Gasteiger partial charge in [-0.25, -0.2) is 8.42 Å². The molecule has 0 saturated carbocycles. The molecule has 0 aromatic heterocycles. The van der Waals surface area contributed by atoms with Crippen LogP contribution >= 0.6 is 0 Å². The number of allylic oxidation sites excluding steroid dienone is 2. The fourth-order valence-corrected chi connectivity index (χ4v) is 5.63. The van der Waals surface area contributed by atoms with Crippen molar-refractivity contribution in [1.82, 2.24) is 0 Å². The van der Waals surface area contributed by atoms with Gasteiger partial charge in [-0.3, -0.25) is 0 Å². The molecule has 2 aliphatic heterocycles. The maximum atomic E-state index is 11.4. The van der Waals surface area contributed by atoms with Crippen molar-refractivity contribution in [3.63, 3.8) is 0 Å². The predicted molar refractivity (Wildman–Crippen MR) is 79.1 cm³/mol. The highest BCUT2D eigenvalue weighted by molar-refractivity contribution is 7.92. The molecule has 1 aliphatic carbocycles. The lowest BCUT2D eigenvalue weighted by molar-refractivity contribution is 0.00578. The molecule has 6 heteroatoms. The zero-order valence-electron chi connectivity index (χ0n) is 12.7. The summed E-state index contributed by atoms with van der Waals surface area (Å²) in [6, 6.07) is 0. The first-order chi connectivity index (χ1) is 9.04. The fourth-order valence-electron chi connectivity index (χ4n) is 3.32. The van der Waals surface area contributed by atoms with Crippen LogP contribution < -0.4 is 0 Å². The van der Waals surface area contributed by atoms with E-state index in [-0.39, 0.29) is 23.7 Å². The Morgan fingerprint density at radius 3 is 2.05 bits per heavy atom. The van der Waals surface area contributed by atoms with Crippen LogP contribution in [0.2, 0.25) is 0 Å². The van der Waals surface area contributed by atoms with Gasteiger partial charge in [0, 0.05) is 5.41 Å². The maximum absolute atomic E-state index is 11.4. The molecule has 0 amide bonds. The van der Waals surface area contributed by atoms with Gasteiger partial charge in [0.25, 0.3) is 0 Å². The minimum Gasteiger partial charge on any atom is -0.400 e. The monoisotopic (exact) mass is 298 g/mol. The number of rotatable bonds is 1. The van der Waals surface area contributed by atoms with E-state index in [1.54, 1.807) is 0 Å². The third kappa shape index (κ3) is 2.26. The van der Waals surface area contributed by atoms with Gasteiger partial charge >= 0.3 is 7.12 Å². The molecule has 3 aliphatic rings. The Labute approximate surface area is 122 Å². The second-order valence-corrected chi connectivity index (χ2v) is 9.67. The first kappa shape index (κ1) is 14.6. The Morgan fingerprint density at radius 1 is 1.10 bits per heavy atom. The molecule has 4 nitrogen and oxygen atoms in total. The van der Waals surface area contributed by atoms with Crippen LogP contribution in [0.3, 0.4) is 0 Å². The second kappa shape index (κ2) is 4.11. The van der Waals surface area contributed by atoms with E-state index in [4.69, 9.17) is 9.31 Å². The van der Waals surface area contributed by atoms with Crippen molar-refractivity contribution in [3.8, 4) is 0 Å². The summed E-state index contributed by atoms with van der Waals surface area (Å²) in [5.41, 5.74) is 0.561. The molecule has 112 valence electrons. The van der Waals surface area contributed by atoms with E-state index in [1.807, 2.05) is 0 Å². The fraction of sp³-hybridized carbons (Fsp3) is 0.857. The largest absolute Gasteiger partial charge is 0.490 e. The van der Waals surface area contributed by atoms with Gasteiger partial charge in [-0.05, 0) is 52.4 Å². The molecule has 3 rings (SSSR count). The van der Waals surface area contributed by atoms with Crippen molar-refractivity contribution >= 4 is 17.0 Å². The number of sulfone groups is 1. The molecule has 0 bridgehead atoms. The third-order valence-corrected chi connectivity index (χ3v) is 7.45. The molecular formula is C14H23BO4S. The summed E-state index contributed by atoms with van der Waals surface area (Å²) in [4.78, 5) is 0. The summed E-state index contributed by atoms with van der Waals surface area (Å²) >= 11 is 0. The summed E-state index contributed by atoms with van der Waals surface area (Å²) in [7, 11) is -3.02. The molecule has 20 heavy (non-hydrogen) atoms. The molecule has 1 spiro atoms. The highest BCUT2D eigenvalue weighted by atomic mass is 32.2. The molecule has 0 aromatic carbocycles. The van der Waals surface area contributed by atoms with E-state index in [1.165, 1.54) is 5.47 Å². The quantitative estimate of drug-likeness (QED) is 0.696. The lowest BCUT2D eigenvalue weighted by Gasteiger charge is -2.43. The SMILES string of the molecule is CC1(C)OB(C2=CCC3(CC2)CS(=O)(=O)C3)OC1(C)C. The Morgan fingerprint density at radius 2 is 1.65 bits per heavy atom. The minimum atomic E-state index is -2.75. The Balaban J connectivity index is 1.70. The van der Waals surface area contributed by atoms with Gasteiger partial charge in [-0.15, -0.1) is 0 Å². The summed E-state index contributed by atoms with van der Waals surface area (Å²) in [5.74, 6) is 0.709. The first-order valence-electron chi connectivity index (χ1n) is 7.29. The summed E-state index contributed by atoms with van der Waals surface area (Å²) in [6.45, 7) is 8.21. The van der Waals surface area contributed by atoms with Gasteiger partial charge in [-0.1, -0.05) is 6.08 Å². The molecule has 2 saturated heterocycles. The minimum absolute atomic E-state index is 0.00593. The molecule has 0 atom stereocenters. The number of hydrogen-bond acceptors (Lipinski definition) is 4. The Hall–Kier alpha value is -0.325. The van der Waals surface area contributed by atoms with E-state index in [0.29, 0.717) is 11.5 Å². The molecule has 0 N–H and O–H groups in total. The van der Waals surface area contributed by atoms with E-state index < -0.39 is 9.84 Å². The average Bonchev–Trinajstić information content (AvgIpc) is 2.46. The van der Waals surface area contributed by atoms with Crippen LogP contribution in [0.15, 0.2) is 11.5 Å². The van der Waals surface area contributed by atoms with Gasteiger partial charge in [0.15, 0.2) is 9.84 Å². The van der Waals surface area contributed by atoms with Crippen LogP contribution in [0, 0.1) is 5.41 Å². The molecule has 0 unspecified atom stereocenters. The average molecular weight is 298 g/mol. The Bertz CT molecular complexity index is 534. The van der Waals surface area contributed by atoms with Crippen molar-refractivity contribution in [2.75, 3.05) is 11.5 Å². The zero-order chi connectivity index (χ0) is 14.8. The molecular weight excluding hydrogens is 275 g/mol. The van der Waals surface area contributed by atoms with E-state index >= 15 is 0 Å². The van der Waals surface area contributed by atoms with E-state index in [0.717, 1.165) is 19.3 Å². The van der Waals surface area contributed by atoms with Crippen LogP contribution in [-0.4, -0.2) is 38.2 Å². The van der Waals surface area contributed by atoms with Gasteiger partial charge in [0.1, 0.15) is 0 Å². The van der Waals surface area contributed by atoms with Gasteiger partial charge in [0.05, 0.1) is 22.7 Å². The normalized spacial score (nSPS) is 32.8. The van der Waals surface area contributed by atoms with E-state index in [9.17, 15) is 8.42 Å². The number of hydrogen-bond donors (Lipinski definition) is 0. The lowest BCUT2D eigenvalue weighted by Crippen LogP contribution is -2.49. The summed E-state index contributed by atoms with van der Waals surface area (Å²) in [5, 5.41) is 0. The van der Waals surface area contributed by atoms with Crippen molar-refractivity contribution in [2.45, 2.75) is 58.2 Å².